The zero-order chi connectivity index (χ0) is 14.8. The Morgan fingerprint density at radius 1 is 1.19 bits per heavy atom. The first kappa shape index (κ1) is 13.6. The first-order chi connectivity index (χ1) is 10.1. The number of esters is 1. The van der Waals surface area contributed by atoms with Crippen molar-refractivity contribution in [3.63, 3.8) is 0 Å². The zero-order valence-electron chi connectivity index (χ0n) is 11.0. The Labute approximate surface area is 126 Å². The van der Waals surface area contributed by atoms with Gasteiger partial charge in [-0.3, -0.25) is 0 Å². The molecule has 2 aromatic rings. The number of fused-ring (bicyclic) bond motifs is 1. The highest BCUT2D eigenvalue weighted by Gasteiger charge is 2.20. The lowest BCUT2D eigenvalue weighted by Gasteiger charge is -2.08. The summed E-state index contributed by atoms with van der Waals surface area (Å²) >= 11 is 5.80. The Morgan fingerprint density at radius 3 is 2.57 bits per heavy atom. The van der Waals surface area contributed by atoms with Gasteiger partial charge in [0, 0.05) is 17.2 Å². The Bertz CT molecular complexity index is 685. The fourth-order valence-electron chi connectivity index (χ4n) is 1.94. The van der Waals surface area contributed by atoms with Crippen LogP contribution in [-0.4, -0.2) is 12.8 Å². The quantitative estimate of drug-likeness (QED) is 0.697. The van der Waals surface area contributed by atoms with Crippen molar-refractivity contribution in [2.75, 3.05) is 12.5 Å². The summed E-state index contributed by atoms with van der Waals surface area (Å²) < 4.78 is 15.6. The Kier molecular flexibility index (Phi) is 3.58. The van der Waals surface area contributed by atoms with Crippen LogP contribution < -0.4 is 15.2 Å². The van der Waals surface area contributed by atoms with E-state index in [1.807, 2.05) is 0 Å². The lowest BCUT2D eigenvalue weighted by atomic mass is 10.1. The monoisotopic (exact) mass is 305 g/mol. The summed E-state index contributed by atoms with van der Waals surface area (Å²) in [6.45, 7) is 0.266. The van der Waals surface area contributed by atoms with Gasteiger partial charge >= 0.3 is 5.97 Å². The summed E-state index contributed by atoms with van der Waals surface area (Å²) in [5.74, 6) is 0.505. The van der Waals surface area contributed by atoms with Crippen molar-refractivity contribution in [2.24, 2.45) is 0 Å². The number of carbonyl (C=O) groups is 1. The van der Waals surface area contributed by atoms with E-state index in [2.05, 4.69) is 0 Å². The minimum atomic E-state index is -0.513. The molecule has 1 aliphatic heterocycles. The van der Waals surface area contributed by atoms with Gasteiger partial charge in [0.15, 0.2) is 11.5 Å². The third kappa shape index (κ3) is 2.87. The lowest BCUT2D eigenvalue weighted by Crippen LogP contribution is -2.08. The molecule has 1 heterocycles. The molecule has 0 atom stereocenters. The van der Waals surface area contributed by atoms with Crippen molar-refractivity contribution >= 4 is 23.3 Å². The summed E-state index contributed by atoms with van der Waals surface area (Å²) in [5.41, 5.74) is 7.22. The van der Waals surface area contributed by atoms with Crippen LogP contribution in [0.4, 0.5) is 5.69 Å². The Morgan fingerprint density at radius 2 is 1.86 bits per heavy atom. The number of hydrogen-bond acceptors (Lipinski definition) is 5. The van der Waals surface area contributed by atoms with Gasteiger partial charge in [-0.1, -0.05) is 23.7 Å². The molecule has 0 spiro atoms. The smallest absolute Gasteiger partial charge is 0.340 e. The molecule has 21 heavy (non-hydrogen) atoms. The minimum Gasteiger partial charge on any atom is -0.457 e. The first-order valence-corrected chi connectivity index (χ1v) is 6.62. The molecule has 0 fully saturated rings. The third-order valence-electron chi connectivity index (χ3n) is 3.05. The number of ether oxygens (including phenoxy) is 3. The van der Waals surface area contributed by atoms with Gasteiger partial charge in [0.25, 0.3) is 0 Å². The molecule has 0 saturated heterocycles. The summed E-state index contributed by atoms with van der Waals surface area (Å²) in [6.07, 6.45) is 0. The van der Waals surface area contributed by atoms with E-state index in [9.17, 15) is 4.79 Å². The molecule has 0 bridgehead atoms. The van der Waals surface area contributed by atoms with Crippen molar-refractivity contribution in [1.29, 1.82) is 0 Å². The van der Waals surface area contributed by atoms with Crippen LogP contribution in [0.25, 0.3) is 0 Å². The van der Waals surface area contributed by atoms with E-state index >= 15 is 0 Å². The molecule has 0 unspecified atom stereocenters. The second-order valence-electron chi connectivity index (χ2n) is 4.50. The largest absolute Gasteiger partial charge is 0.457 e. The maximum Gasteiger partial charge on any atom is 0.340 e. The molecular weight excluding hydrogens is 294 g/mol. The van der Waals surface area contributed by atoms with Crippen molar-refractivity contribution in [3.05, 3.63) is 52.5 Å². The molecule has 0 amide bonds. The van der Waals surface area contributed by atoms with E-state index in [1.165, 1.54) is 6.07 Å². The Hall–Kier alpha value is -2.40. The summed E-state index contributed by atoms with van der Waals surface area (Å²) in [6, 6.07) is 10.1. The van der Waals surface area contributed by atoms with Crippen LogP contribution in [0, 0.1) is 0 Å². The van der Waals surface area contributed by atoms with Gasteiger partial charge < -0.3 is 19.9 Å². The first-order valence-electron chi connectivity index (χ1n) is 6.24. The molecule has 0 radical (unpaired) electrons. The number of nitrogen functional groups attached to an aromatic ring is 1. The number of hydrogen-bond donors (Lipinski definition) is 1. The maximum atomic E-state index is 12.1. The number of anilines is 1. The van der Waals surface area contributed by atoms with Crippen LogP contribution in [0.3, 0.4) is 0 Å². The number of carbonyl (C=O) groups excluding carboxylic acids is 1. The van der Waals surface area contributed by atoms with E-state index in [1.54, 1.807) is 30.3 Å². The van der Waals surface area contributed by atoms with Crippen LogP contribution in [0.2, 0.25) is 5.02 Å². The number of benzene rings is 2. The normalized spacial score (nSPS) is 12.2. The van der Waals surface area contributed by atoms with E-state index < -0.39 is 5.97 Å². The molecule has 2 N–H and O–H groups in total. The van der Waals surface area contributed by atoms with Gasteiger partial charge in [0.05, 0.1) is 11.3 Å². The second-order valence-corrected chi connectivity index (χ2v) is 4.93. The van der Waals surface area contributed by atoms with Crippen molar-refractivity contribution in [2.45, 2.75) is 6.61 Å². The van der Waals surface area contributed by atoms with Gasteiger partial charge in [0.1, 0.15) is 6.61 Å². The minimum absolute atomic E-state index is 0.123. The number of nitrogens with two attached hydrogens (primary N) is 1. The van der Waals surface area contributed by atoms with E-state index in [0.717, 1.165) is 5.56 Å². The van der Waals surface area contributed by atoms with Crippen LogP contribution in [0.5, 0.6) is 11.5 Å². The molecule has 108 valence electrons. The van der Waals surface area contributed by atoms with Gasteiger partial charge in [-0.05, 0) is 17.7 Å². The van der Waals surface area contributed by atoms with Crippen LogP contribution in [0.15, 0.2) is 36.4 Å². The molecule has 5 nitrogen and oxygen atoms in total. The van der Waals surface area contributed by atoms with E-state index in [0.29, 0.717) is 22.2 Å². The van der Waals surface area contributed by atoms with Crippen LogP contribution >= 0.6 is 11.6 Å². The number of halogens is 1. The van der Waals surface area contributed by atoms with Gasteiger partial charge in [-0.2, -0.15) is 0 Å². The average molecular weight is 306 g/mol. The van der Waals surface area contributed by atoms with Crippen LogP contribution in [0.1, 0.15) is 15.9 Å². The van der Waals surface area contributed by atoms with Crippen molar-refractivity contribution in [3.8, 4) is 11.5 Å². The fraction of sp³-hybridized carbons (Fsp3) is 0.133. The molecule has 0 aliphatic carbocycles. The van der Waals surface area contributed by atoms with Crippen molar-refractivity contribution < 1.29 is 19.0 Å². The molecule has 3 rings (SSSR count). The molecule has 0 saturated carbocycles. The standard InChI is InChI=1S/C15H12ClNO4/c16-10-3-1-9(2-4-10)7-19-15(18)11-5-13-14(6-12(11)17)21-8-20-13/h1-6H,7-8,17H2. The van der Waals surface area contributed by atoms with Crippen LogP contribution in [-0.2, 0) is 11.3 Å². The average Bonchev–Trinajstić information content (AvgIpc) is 2.92. The van der Waals surface area contributed by atoms with Crippen molar-refractivity contribution in [1.82, 2.24) is 0 Å². The Balaban J connectivity index is 1.72. The maximum absolute atomic E-state index is 12.1. The van der Waals surface area contributed by atoms with Gasteiger partial charge in [0.2, 0.25) is 6.79 Å². The predicted octanol–water partition coefficient (Wildman–Crippen LogP) is 3.01. The number of rotatable bonds is 3. The molecule has 1 aliphatic rings. The lowest BCUT2D eigenvalue weighted by molar-refractivity contribution is 0.0473. The summed E-state index contributed by atoms with van der Waals surface area (Å²) in [5, 5.41) is 0.630. The highest BCUT2D eigenvalue weighted by molar-refractivity contribution is 6.30. The zero-order valence-corrected chi connectivity index (χ0v) is 11.7. The third-order valence-corrected chi connectivity index (χ3v) is 3.30. The summed E-state index contributed by atoms with van der Waals surface area (Å²) in [4.78, 5) is 12.1. The molecule has 6 heteroatoms. The fourth-order valence-corrected chi connectivity index (χ4v) is 2.07. The van der Waals surface area contributed by atoms with Gasteiger partial charge in [-0.25, -0.2) is 4.79 Å². The SMILES string of the molecule is Nc1cc2c(cc1C(=O)OCc1ccc(Cl)cc1)OCO2. The summed E-state index contributed by atoms with van der Waals surface area (Å²) in [7, 11) is 0. The van der Waals surface area contributed by atoms with Gasteiger partial charge in [-0.15, -0.1) is 0 Å². The topological polar surface area (TPSA) is 70.8 Å². The molecular formula is C15H12ClNO4. The molecule has 0 aromatic heterocycles. The second kappa shape index (κ2) is 5.54. The van der Waals surface area contributed by atoms with E-state index in [4.69, 9.17) is 31.5 Å². The highest BCUT2D eigenvalue weighted by Crippen LogP contribution is 2.36. The van der Waals surface area contributed by atoms with E-state index in [-0.39, 0.29) is 19.0 Å². The molecule has 2 aromatic carbocycles. The highest BCUT2D eigenvalue weighted by atomic mass is 35.5. The predicted molar refractivity (Wildman–Crippen MR) is 77.5 cm³/mol.